The maximum Gasteiger partial charge on any atom is 0.240 e. The van der Waals surface area contributed by atoms with Gasteiger partial charge in [-0.15, -0.1) is 0 Å². The molecule has 8 heteroatoms. The van der Waals surface area contributed by atoms with Gasteiger partial charge in [-0.3, -0.25) is 4.79 Å². The zero-order chi connectivity index (χ0) is 17.2. The van der Waals surface area contributed by atoms with Gasteiger partial charge in [-0.05, 0) is 32.3 Å². The molecule has 6 nitrogen and oxygen atoms in total. The minimum atomic E-state index is -3.67. The zero-order valence-electron chi connectivity index (χ0n) is 13.5. The lowest BCUT2D eigenvalue weighted by atomic mass is 10.0. The van der Waals surface area contributed by atoms with E-state index < -0.39 is 10.0 Å². The van der Waals surface area contributed by atoms with Crippen molar-refractivity contribution in [3.63, 3.8) is 0 Å². The van der Waals surface area contributed by atoms with Gasteiger partial charge in [0.25, 0.3) is 0 Å². The lowest BCUT2D eigenvalue weighted by Gasteiger charge is -2.22. The van der Waals surface area contributed by atoms with Crippen LogP contribution in [0.1, 0.15) is 6.92 Å². The zero-order valence-corrected chi connectivity index (χ0v) is 15.1. The van der Waals surface area contributed by atoms with Crippen LogP contribution in [0.15, 0.2) is 29.2 Å². The van der Waals surface area contributed by atoms with Crippen molar-refractivity contribution in [2.75, 3.05) is 33.7 Å². The molecule has 0 bridgehead atoms. The summed E-state index contributed by atoms with van der Waals surface area (Å²) in [6.45, 7) is 3.14. The smallest absolute Gasteiger partial charge is 0.240 e. The lowest BCUT2D eigenvalue weighted by molar-refractivity contribution is -0.127. The molecular formula is C15H22ClN3O3S. The molecule has 1 amide bonds. The second kappa shape index (κ2) is 7.17. The van der Waals surface area contributed by atoms with Crippen molar-refractivity contribution >= 4 is 27.5 Å². The lowest BCUT2D eigenvalue weighted by Crippen LogP contribution is -2.43. The first-order valence-corrected chi connectivity index (χ1v) is 9.23. The third-order valence-corrected chi connectivity index (χ3v) is 5.62. The Balaban J connectivity index is 2.19. The van der Waals surface area contributed by atoms with Crippen LogP contribution in [0.5, 0.6) is 0 Å². The molecule has 1 aromatic carbocycles. The third kappa shape index (κ3) is 4.67. The summed E-state index contributed by atoms with van der Waals surface area (Å²) < 4.78 is 27.9. The van der Waals surface area contributed by atoms with Gasteiger partial charge in [0.05, 0.1) is 4.90 Å². The molecule has 2 rings (SSSR count). The van der Waals surface area contributed by atoms with E-state index in [2.05, 4.69) is 4.72 Å². The Bertz CT molecular complexity index is 678. The molecule has 1 saturated heterocycles. The predicted octanol–water partition coefficient (Wildman–Crippen LogP) is 1.03. The number of likely N-dealkylation sites (tertiary alicyclic amines) is 1. The molecule has 0 spiro atoms. The Labute approximate surface area is 142 Å². The maximum atomic E-state index is 12.6. The summed E-state index contributed by atoms with van der Waals surface area (Å²) in [5.74, 6) is 0.000990. The van der Waals surface area contributed by atoms with Crippen LogP contribution in [0, 0.1) is 5.92 Å². The summed E-state index contributed by atoms with van der Waals surface area (Å²) in [4.78, 5) is 15.4. The molecule has 23 heavy (non-hydrogen) atoms. The van der Waals surface area contributed by atoms with E-state index in [1.165, 1.54) is 19.1 Å². The van der Waals surface area contributed by atoms with Gasteiger partial charge in [0, 0.05) is 43.5 Å². The van der Waals surface area contributed by atoms with E-state index in [0.29, 0.717) is 24.7 Å². The van der Waals surface area contributed by atoms with E-state index >= 15 is 0 Å². The molecule has 0 radical (unpaired) electrons. The number of carbonyl (C=O) groups is 1. The number of benzene rings is 1. The number of carbonyl (C=O) groups excluding carboxylic acids is 1. The second-order valence-corrected chi connectivity index (χ2v) is 8.28. The highest BCUT2D eigenvalue weighted by Crippen LogP contribution is 2.21. The number of hydrogen-bond acceptors (Lipinski definition) is 4. The first kappa shape index (κ1) is 18.2. The highest BCUT2D eigenvalue weighted by Gasteiger charge is 2.36. The van der Waals surface area contributed by atoms with Crippen molar-refractivity contribution in [3.8, 4) is 0 Å². The summed E-state index contributed by atoms with van der Waals surface area (Å²) in [5, 5.41) is 0.370. The Kier molecular flexibility index (Phi) is 5.67. The van der Waals surface area contributed by atoms with Crippen LogP contribution in [0.3, 0.4) is 0 Å². The van der Waals surface area contributed by atoms with Gasteiger partial charge < -0.3 is 9.80 Å². The molecular weight excluding hydrogens is 338 g/mol. The molecule has 1 N–H and O–H groups in total. The molecule has 128 valence electrons. The van der Waals surface area contributed by atoms with E-state index in [1.807, 2.05) is 19.0 Å². The molecule has 0 saturated carbocycles. The van der Waals surface area contributed by atoms with Crippen LogP contribution in [-0.2, 0) is 14.8 Å². The minimum absolute atomic E-state index is 0.0433. The third-order valence-electron chi connectivity index (χ3n) is 3.90. The standard InChI is InChI=1S/C15H22ClN3O3S/c1-11(20)19-9-12(8-18(2)3)15(10-19)17-23(21,22)14-6-4-5-13(16)7-14/h4-7,12,15,17H,8-10H2,1-3H3/t12-,15-/m1/s1. The van der Waals surface area contributed by atoms with Crippen molar-refractivity contribution in [2.24, 2.45) is 5.92 Å². The molecule has 2 atom stereocenters. The topological polar surface area (TPSA) is 69.7 Å². The van der Waals surface area contributed by atoms with Crippen LogP contribution < -0.4 is 4.72 Å². The number of amides is 1. The molecule has 0 aromatic heterocycles. The number of nitrogens with one attached hydrogen (secondary N) is 1. The van der Waals surface area contributed by atoms with E-state index in [4.69, 9.17) is 11.6 Å². The van der Waals surface area contributed by atoms with E-state index in [-0.39, 0.29) is 22.8 Å². The van der Waals surface area contributed by atoms with E-state index in [1.54, 1.807) is 17.0 Å². The number of rotatable bonds is 5. The van der Waals surface area contributed by atoms with Crippen molar-refractivity contribution in [2.45, 2.75) is 17.9 Å². The fourth-order valence-corrected chi connectivity index (χ4v) is 4.41. The monoisotopic (exact) mass is 359 g/mol. The van der Waals surface area contributed by atoms with Gasteiger partial charge in [-0.25, -0.2) is 13.1 Å². The van der Waals surface area contributed by atoms with E-state index in [9.17, 15) is 13.2 Å². The molecule has 0 unspecified atom stereocenters. The van der Waals surface area contributed by atoms with Gasteiger partial charge >= 0.3 is 0 Å². The molecule has 1 aliphatic rings. The number of sulfonamides is 1. The minimum Gasteiger partial charge on any atom is -0.341 e. The molecule has 1 heterocycles. The van der Waals surface area contributed by atoms with Crippen LogP contribution in [0.25, 0.3) is 0 Å². The summed E-state index contributed by atoms with van der Waals surface area (Å²) >= 11 is 5.88. The first-order chi connectivity index (χ1) is 10.7. The van der Waals surface area contributed by atoms with Crippen LogP contribution in [-0.4, -0.2) is 63.9 Å². The number of halogens is 1. The Morgan fingerprint density at radius 3 is 2.65 bits per heavy atom. The fraction of sp³-hybridized carbons (Fsp3) is 0.533. The maximum absolute atomic E-state index is 12.6. The predicted molar refractivity (Wildman–Crippen MR) is 89.9 cm³/mol. The summed E-state index contributed by atoms with van der Waals surface area (Å²) in [7, 11) is 0.184. The van der Waals surface area contributed by atoms with Crippen LogP contribution >= 0.6 is 11.6 Å². The molecule has 0 aliphatic carbocycles. The SMILES string of the molecule is CC(=O)N1C[C@@H](CN(C)C)[C@H](NS(=O)(=O)c2cccc(Cl)c2)C1. The number of hydrogen-bond donors (Lipinski definition) is 1. The average Bonchev–Trinajstić information content (AvgIpc) is 2.80. The highest BCUT2D eigenvalue weighted by atomic mass is 35.5. The van der Waals surface area contributed by atoms with Crippen LogP contribution in [0.2, 0.25) is 5.02 Å². The quantitative estimate of drug-likeness (QED) is 0.852. The summed E-state index contributed by atoms with van der Waals surface area (Å²) in [6, 6.07) is 5.84. The molecule has 1 fully saturated rings. The molecule has 1 aromatic rings. The first-order valence-electron chi connectivity index (χ1n) is 7.37. The average molecular weight is 360 g/mol. The van der Waals surface area contributed by atoms with Gasteiger partial charge in [0.2, 0.25) is 15.9 Å². The van der Waals surface area contributed by atoms with Gasteiger partial charge in [-0.1, -0.05) is 17.7 Å². The van der Waals surface area contributed by atoms with Crippen molar-refractivity contribution in [1.29, 1.82) is 0 Å². The largest absolute Gasteiger partial charge is 0.341 e. The fourth-order valence-electron chi connectivity index (χ4n) is 2.82. The van der Waals surface area contributed by atoms with Gasteiger partial charge in [0.1, 0.15) is 0 Å². The summed E-state index contributed by atoms with van der Waals surface area (Å²) in [5.41, 5.74) is 0. The second-order valence-electron chi connectivity index (χ2n) is 6.13. The Morgan fingerprint density at radius 2 is 2.09 bits per heavy atom. The summed E-state index contributed by atoms with van der Waals surface area (Å²) in [6.07, 6.45) is 0. The van der Waals surface area contributed by atoms with Gasteiger partial charge in [0.15, 0.2) is 0 Å². The number of nitrogens with zero attached hydrogens (tertiary/aromatic N) is 2. The normalized spacial score (nSPS) is 21.9. The van der Waals surface area contributed by atoms with Crippen molar-refractivity contribution in [1.82, 2.24) is 14.5 Å². The highest BCUT2D eigenvalue weighted by molar-refractivity contribution is 7.89. The van der Waals surface area contributed by atoms with Crippen molar-refractivity contribution < 1.29 is 13.2 Å². The van der Waals surface area contributed by atoms with Crippen molar-refractivity contribution in [3.05, 3.63) is 29.3 Å². The Hall–Kier alpha value is -1.15. The van der Waals surface area contributed by atoms with Gasteiger partial charge in [-0.2, -0.15) is 0 Å². The molecule has 1 aliphatic heterocycles. The Morgan fingerprint density at radius 1 is 1.39 bits per heavy atom. The van der Waals surface area contributed by atoms with Crippen LogP contribution in [0.4, 0.5) is 0 Å². The van der Waals surface area contributed by atoms with E-state index in [0.717, 1.165) is 0 Å².